The third-order valence-corrected chi connectivity index (χ3v) is 11.4. The fourth-order valence-electron chi connectivity index (χ4n) is 7.97. The van der Waals surface area contributed by atoms with E-state index in [-0.39, 0.29) is 50.2 Å². The summed E-state index contributed by atoms with van der Waals surface area (Å²) in [5, 5.41) is 12.2. The maximum Gasteiger partial charge on any atom is 0.408 e. The number of aromatic nitrogens is 2. The highest BCUT2D eigenvalue weighted by Crippen LogP contribution is 2.42. The lowest BCUT2D eigenvalue weighted by molar-refractivity contribution is -0.276. The Morgan fingerprint density at radius 1 is 0.814 bits per heavy atom. The van der Waals surface area contributed by atoms with E-state index in [2.05, 4.69) is 32.0 Å². The number of imide groups is 1. The van der Waals surface area contributed by atoms with Crippen LogP contribution in [0, 0.1) is 5.92 Å². The number of hydrogen-bond acceptors (Lipinski definition) is 11. The molecule has 3 amide bonds. The summed E-state index contributed by atoms with van der Waals surface area (Å²) in [6.45, 7) is 6.35. The average Bonchev–Trinajstić information content (AvgIpc) is 3.54. The van der Waals surface area contributed by atoms with Crippen LogP contribution in [0.4, 0.5) is 10.7 Å². The summed E-state index contributed by atoms with van der Waals surface area (Å²) >= 11 is 0. The molecule has 0 bridgehead atoms. The lowest BCUT2D eigenvalue weighted by atomic mass is 9.89. The molecule has 5 atom stereocenters. The van der Waals surface area contributed by atoms with Crippen molar-refractivity contribution >= 4 is 23.9 Å². The van der Waals surface area contributed by atoms with Gasteiger partial charge in [0.25, 0.3) is 5.91 Å². The number of rotatable bonds is 12. The number of nitrogens with zero attached hydrogens (tertiary/aromatic N) is 5. The highest BCUT2D eigenvalue weighted by atomic mass is 16.7. The molecule has 304 valence electrons. The first-order chi connectivity index (χ1) is 28.8. The number of alkyl carbamates (subject to hydrolysis) is 1. The number of carbonyl (C=O) groups excluding carboxylic acids is 3. The molecule has 4 heterocycles. The molecule has 3 fully saturated rings. The van der Waals surface area contributed by atoms with Crippen LogP contribution in [0.3, 0.4) is 0 Å². The molecule has 4 aromatic carbocycles. The minimum Gasteiger partial charge on any atom is -0.445 e. The van der Waals surface area contributed by atoms with Gasteiger partial charge in [-0.15, -0.1) is 0 Å². The van der Waals surface area contributed by atoms with Gasteiger partial charge in [0, 0.05) is 56.6 Å². The van der Waals surface area contributed by atoms with E-state index in [1.165, 1.54) is 4.90 Å². The van der Waals surface area contributed by atoms with E-state index in [9.17, 15) is 19.5 Å². The summed E-state index contributed by atoms with van der Waals surface area (Å²) in [5.41, 5.74) is 6.11. The fourth-order valence-corrected chi connectivity index (χ4v) is 7.97. The highest BCUT2D eigenvalue weighted by molar-refractivity contribution is 6.06. The van der Waals surface area contributed by atoms with Gasteiger partial charge in [-0.1, -0.05) is 110 Å². The third-order valence-electron chi connectivity index (χ3n) is 11.4. The van der Waals surface area contributed by atoms with Crippen molar-refractivity contribution in [2.45, 2.75) is 57.6 Å². The first-order valence-corrected chi connectivity index (χ1v) is 20.1. The van der Waals surface area contributed by atoms with E-state index in [4.69, 9.17) is 14.2 Å². The number of hydrogen-bond donors (Lipinski definition) is 2. The maximum absolute atomic E-state index is 13.4. The number of anilines is 1. The Labute approximate surface area is 343 Å². The molecule has 8 rings (SSSR count). The summed E-state index contributed by atoms with van der Waals surface area (Å²) in [4.78, 5) is 53.7. The smallest absolute Gasteiger partial charge is 0.408 e. The zero-order chi connectivity index (χ0) is 40.7. The van der Waals surface area contributed by atoms with Crippen LogP contribution >= 0.6 is 0 Å². The van der Waals surface area contributed by atoms with Crippen LogP contribution < -0.4 is 10.2 Å². The second-order valence-electron chi connectivity index (χ2n) is 15.2. The molecule has 0 saturated carbocycles. The number of aliphatic hydroxyl groups is 1. The lowest BCUT2D eigenvalue weighted by Gasteiger charge is -2.44. The lowest BCUT2D eigenvalue weighted by Crippen LogP contribution is -2.51. The SMILES string of the molecule is C[C@@H]1[C@H](CN2CCN(c3ncccn3)CC2)O[C@H](c2ccc(-c3ccccc3CN3C(=O)CC(NC(=O)OCc4ccccc4)C3=O)cc2)O[C@@H]1c1ccc(CO)cc1. The summed E-state index contributed by atoms with van der Waals surface area (Å²) in [7, 11) is 0. The molecule has 13 nitrogen and oxygen atoms in total. The highest BCUT2D eigenvalue weighted by Gasteiger charge is 2.41. The minimum atomic E-state index is -0.996. The third kappa shape index (κ3) is 9.34. The van der Waals surface area contributed by atoms with Crippen LogP contribution in [0.25, 0.3) is 11.1 Å². The Bertz CT molecular complexity index is 2200. The van der Waals surface area contributed by atoms with Gasteiger partial charge < -0.3 is 29.5 Å². The number of aliphatic hydroxyl groups excluding tert-OH is 1. The minimum absolute atomic E-state index is 0.0282. The normalized spacial score (nSPS) is 22.4. The van der Waals surface area contributed by atoms with Gasteiger partial charge in [-0.3, -0.25) is 19.4 Å². The van der Waals surface area contributed by atoms with Crippen molar-refractivity contribution in [1.82, 2.24) is 25.1 Å². The van der Waals surface area contributed by atoms with Gasteiger partial charge >= 0.3 is 6.09 Å². The summed E-state index contributed by atoms with van der Waals surface area (Å²) in [5.74, 6) is -0.0479. The van der Waals surface area contributed by atoms with Gasteiger partial charge in [0.05, 0.1) is 31.8 Å². The van der Waals surface area contributed by atoms with E-state index in [1.54, 1.807) is 12.4 Å². The molecule has 2 N–H and O–H groups in total. The number of benzene rings is 4. The second-order valence-corrected chi connectivity index (χ2v) is 15.2. The molecule has 0 spiro atoms. The summed E-state index contributed by atoms with van der Waals surface area (Å²) in [6.07, 6.45) is 1.65. The van der Waals surface area contributed by atoms with E-state index in [0.29, 0.717) is 0 Å². The van der Waals surface area contributed by atoms with Crippen molar-refractivity contribution in [2.24, 2.45) is 5.92 Å². The fraction of sp³-hybridized carbons (Fsp3) is 0.326. The predicted molar refractivity (Wildman–Crippen MR) is 219 cm³/mol. The quantitative estimate of drug-likeness (QED) is 0.148. The molecule has 0 aliphatic carbocycles. The monoisotopic (exact) mass is 796 g/mol. The van der Waals surface area contributed by atoms with Gasteiger partial charge in [0.15, 0.2) is 6.29 Å². The first kappa shape index (κ1) is 39.8. The topological polar surface area (TPSA) is 147 Å². The summed E-state index contributed by atoms with van der Waals surface area (Å²) in [6, 6.07) is 33.7. The molecule has 3 aliphatic rings. The van der Waals surface area contributed by atoms with Crippen molar-refractivity contribution < 1.29 is 33.7 Å². The molecule has 1 aromatic heterocycles. The predicted octanol–water partition coefficient (Wildman–Crippen LogP) is 5.80. The number of nitrogens with one attached hydrogen (secondary N) is 1. The van der Waals surface area contributed by atoms with Gasteiger partial charge in [0.1, 0.15) is 12.6 Å². The van der Waals surface area contributed by atoms with Gasteiger partial charge in [-0.2, -0.15) is 0 Å². The Morgan fingerprint density at radius 3 is 2.24 bits per heavy atom. The molecule has 59 heavy (non-hydrogen) atoms. The summed E-state index contributed by atoms with van der Waals surface area (Å²) < 4.78 is 18.8. The van der Waals surface area contributed by atoms with Crippen molar-refractivity contribution in [2.75, 3.05) is 37.6 Å². The number of piperazine rings is 1. The van der Waals surface area contributed by atoms with E-state index in [1.807, 2.05) is 109 Å². The largest absolute Gasteiger partial charge is 0.445 e. The average molecular weight is 797 g/mol. The van der Waals surface area contributed by atoms with Crippen LogP contribution in [0.1, 0.15) is 53.6 Å². The van der Waals surface area contributed by atoms with Crippen molar-refractivity contribution in [3.8, 4) is 11.1 Å². The van der Waals surface area contributed by atoms with Gasteiger partial charge in [-0.05, 0) is 39.4 Å². The number of ether oxygens (including phenoxy) is 3. The zero-order valence-corrected chi connectivity index (χ0v) is 32.9. The Morgan fingerprint density at radius 2 is 1.51 bits per heavy atom. The van der Waals surface area contributed by atoms with Crippen molar-refractivity contribution in [1.29, 1.82) is 0 Å². The van der Waals surface area contributed by atoms with Gasteiger partial charge in [0.2, 0.25) is 11.9 Å². The van der Waals surface area contributed by atoms with Crippen LogP contribution in [-0.4, -0.2) is 87.7 Å². The van der Waals surface area contributed by atoms with Crippen molar-refractivity contribution in [3.05, 3.63) is 149 Å². The molecule has 1 unspecified atom stereocenters. The number of amides is 3. The molecule has 3 aliphatic heterocycles. The van der Waals surface area contributed by atoms with Crippen LogP contribution in [0.2, 0.25) is 0 Å². The second kappa shape index (κ2) is 18.3. The molecular formula is C46H48N6O7. The number of likely N-dealkylation sites (tertiary alicyclic amines) is 1. The molecule has 13 heteroatoms. The number of carbonyl (C=O) groups is 3. The van der Waals surface area contributed by atoms with Crippen LogP contribution in [-0.2, 0) is 43.6 Å². The van der Waals surface area contributed by atoms with E-state index in [0.717, 1.165) is 77.6 Å². The molecule has 3 saturated heterocycles. The standard InChI is InChI=1S/C46H48N6O7/c1-31-40(28-50-22-24-51(25-23-50)45-47-20-7-21-48-45)58-44(59-42(31)35-14-12-32(29-53)13-15-35)36-18-16-34(17-19-36)38-11-6-5-10-37(38)27-52-41(54)26-39(43(52)55)49-46(56)57-30-33-8-3-2-4-9-33/h2-21,31,39-40,42,44,53H,22-30H2,1H3,(H,49,56)/t31-,39?,40+,42+,44+/m1/s1. The van der Waals surface area contributed by atoms with Crippen LogP contribution in [0.5, 0.6) is 0 Å². The van der Waals surface area contributed by atoms with Crippen molar-refractivity contribution in [3.63, 3.8) is 0 Å². The zero-order valence-electron chi connectivity index (χ0n) is 32.9. The Hall–Kier alpha value is -5.99. The Kier molecular flexibility index (Phi) is 12.3. The van der Waals surface area contributed by atoms with E-state index >= 15 is 0 Å². The maximum atomic E-state index is 13.4. The van der Waals surface area contributed by atoms with E-state index < -0.39 is 24.3 Å². The molecular weight excluding hydrogens is 749 g/mol. The van der Waals surface area contributed by atoms with Gasteiger partial charge in [-0.25, -0.2) is 14.8 Å². The Balaban J connectivity index is 0.948. The molecule has 0 radical (unpaired) electrons. The molecule has 5 aromatic rings. The van der Waals surface area contributed by atoms with Crippen LogP contribution in [0.15, 0.2) is 122 Å². The first-order valence-electron chi connectivity index (χ1n) is 20.1.